The standard InChI is InChI=1S/C17H22N2O4S/c1-19-7-6-13-4-5-14(10-15(13)17(19)21)18-16(20)9-12-3-2-8-24(22,23)11-12/h4-5,10,12H,2-3,6-9,11H2,1H3,(H,18,20). The number of fused-ring (bicyclic) bond motifs is 1. The number of hydrogen-bond acceptors (Lipinski definition) is 4. The van der Waals surface area contributed by atoms with E-state index in [9.17, 15) is 18.0 Å². The molecule has 1 N–H and O–H groups in total. The van der Waals surface area contributed by atoms with Crippen molar-refractivity contribution in [2.24, 2.45) is 5.92 Å². The first-order chi connectivity index (χ1) is 11.3. The molecule has 3 rings (SSSR count). The van der Waals surface area contributed by atoms with Crippen LogP contribution in [0.3, 0.4) is 0 Å². The Hall–Kier alpha value is -1.89. The minimum atomic E-state index is -3.01. The topological polar surface area (TPSA) is 83.6 Å². The Balaban J connectivity index is 1.66. The highest BCUT2D eigenvalue weighted by molar-refractivity contribution is 7.91. The van der Waals surface area contributed by atoms with Crippen LogP contribution in [0.2, 0.25) is 0 Å². The summed E-state index contributed by atoms with van der Waals surface area (Å²) in [4.78, 5) is 26.1. The summed E-state index contributed by atoms with van der Waals surface area (Å²) in [5.41, 5.74) is 2.21. The number of benzene rings is 1. The van der Waals surface area contributed by atoms with Crippen molar-refractivity contribution < 1.29 is 18.0 Å². The molecule has 7 heteroatoms. The quantitative estimate of drug-likeness (QED) is 0.895. The second-order valence-electron chi connectivity index (χ2n) is 6.72. The maximum absolute atomic E-state index is 12.2. The zero-order chi connectivity index (χ0) is 17.3. The number of carbonyl (C=O) groups is 2. The average molecular weight is 350 g/mol. The molecule has 0 aromatic heterocycles. The van der Waals surface area contributed by atoms with Crippen LogP contribution in [0.25, 0.3) is 0 Å². The first-order valence-electron chi connectivity index (χ1n) is 8.23. The average Bonchev–Trinajstić information content (AvgIpc) is 2.50. The minimum absolute atomic E-state index is 0.0364. The second kappa shape index (κ2) is 6.55. The molecule has 2 amide bonds. The molecule has 2 heterocycles. The number of nitrogens with zero attached hydrogens (tertiary/aromatic N) is 1. The predicted octanol–water partition coefficient (Wildman–Crippen LogP) is 1.47. The van der Waals surface area contributed by atoms with Crippen molar-refractivity contribution in [3.8, 4) is 0 Å². The molecule has 130 valence electrons. The third-order valence-electron chi connectivity index (χ3n) is 4.72. The first-order valence-corrected chi connectivity index (χ1v) is 10.0. The molecule has 1 aromatic rings. The highest BCUT2D eigenvalue weighted by Gasteiger charge is 2.27. The van der Waals surface area contributed by atoms with E-state index in [4.69, 9.17) is 0 Å². The van der Waals surface area contributed by atoms with Gasteiger partial charge in [-0.1, -0.05) is 6.07 Å². The van der Waals surface area contributed by atoms with Crippen LogP contribution in [0.15, 0.2) is 18.2 Å². The molecule has 0 saturated carbocycles. The molecule has 1 aromatic carbocycles. The van der Waals surface area contributed by atoms with Crippen LogP contribution in [0.1, 0.15) is 35.2 Å². The molecule has 0 bridgehead atoms. The van der Waals surface area contributed by atoms with Gasteiger partial charge < -0.3 is 10.2 Å². The van der Waals surface area contributed by atoms with E-state index in [1.807, 2.05) is 6.07 Å². The van der Waals surface area contributed by atoms with E-state index in [1.165, 1.54) is 0 Å². The van der Waals surface area contributed by atoms with E-state index >= 15 is 0 Å². The van der Waals surface area contributed by atoms with Gasteiger partial charge in [0.1, 0.15) is 0 Å². The van der Waals surface area contributed by atoms with Crippen LogP contribution in [-0.2, 0) is 21.1 Å². The van der Waals surface area contributed by atoms with Crippen molar-refractivity contribution in [1.82, 2.24) is 4.90 Å². The summed E-state index contributed by atoms with van der Waals surface area (Å²) < 4.78 is 23.3. The number of rotatable bonds is 3. The van der Waals surface area contributed by atoms with Gasteiger partial charge in [0.05, 0.1) is 11.5 Å². The molecule has 0 spiro atoms. The van der Waals surface area contributed by atoms with Gasteiger partial charge in [-0.05, 0) is 42.9 Å². The number of sulfone groups is 1. The van der Waals surface area contributed by atoms with Crippen LogP contribution >= 0.6 is 0 Å². The fourth-order valence-corrected chi connectivity index (χ4v) is 5.20. The van der Waals surface area contributed by atoms with Crippen molar-refractivity contribution in [3.05, 3.63) is 29.3 Å². The first kappa shape index (κ1) is 17.0. The SMILES string of the molecule is CN1CCc2ccc(NC(=O)CC3CCCS(=O)(=O)C3)cc2C1=O. The molecule has 6 nitrogen and oxygen atoms in total. The molecule has 0 aliphatic carbocycles. The summed E-state index contributed by atoms with van der Waals surface area (Å²) in [6, 6.07) is 5.39. The van der Waals surface area contributed by atoms with Gasteiger partial charge in [0.15, 0.2) is 9.84 Å². The van der Waals surface area contributed by atoms with Crippen LogP contribution in [0.4, 0.5) is 5.69 Å². The lowest BCUT2D eigenvalue weighted by Crippen LogP contribution is -2.34. The lowest BCUT2D eigenvalue weighted by Gasteiger charge is -2.25. The minimum Gasteiger partial charge on any atom is -0.341 e. The molecule has 1 atom stereocenters. The Morgan fingerprint density at radius 1 is 1.38 bits per heavy atom. The third-order valence-corrected chi connectivity index (χ3v) is 6.61. The van der Waals surface area contributed by atoms with Gasteiger partial charge in [0, 0.05) is 31.3 Å². The van der Waals surface area contributed by atoms with Crippen LogP contribution in [0.5, 0.6) is 0 Å². The van der Waals surface area contributed by atoms with Gasteiger partial charge in [-0.3, -0.25) is 9.59 Å². The number of amides is 2. The number of nitrogens with one attached hydrogen (secondary N) is 1. The Labute approximate surface area is 142 Å². The molecule has 0 radical (unpaired) electrons. The van der Waals surface area contributed by atoms with Gasteiger partial charge in [0.25, 0.3) is 5.91 Å². The van der Waals surface area contributed by atoms with Crippen LogP contribution < -0.4 is 5.32 Å². The van der Waals surface area contributed by atoms with Gasteiger partial charge in [-0.2, -0.15) is 0 Å². The predicted molar refractivity (Wildman–Crippen MR) is 91.7 cm³/mol. The number of hydrogen-bond donors (Lipinski definition) is 1. The monoisotopic (exact) mass is 350 g/mol. The molecule has 1 unspecified atom stereocenters. The van der Waals surface area contributed by atoms with E-state index in [-0.39, 0.29) is 35.7 Å². The van der Waals surface area contributed by atoms with Crippen LogP contribution in [-0.4, -0.2) is 50.2 Å². The molecular formula is C17H22N2O4S. The van der Waals surface area contributed by atoms with Gasteiger partial charge in [-0.25, -0.2) is 8.42 Å². The van der Waals surface area contributed by atoms with Crippen molar-refractivity contribution in [2.75, 3.05) is 30.4 Å². The second-order valence-corrected chi connectivity index (χ2v) is 8.95. The Morgan fingerprint density at radius 3 is 2.92 bits per heavy atom. The summed E-state index contributed by atoms with van der Waals surface area (Å²) in [5.74, 6) is -0.0343. The highest BCUT2D eigenvalue weighted by Crippen LogP contribution is 2.24. The Kier molecular flexibility index (Phi) is 4.62. The normalized spacial score (nSPS) is 22.8. The van der Waals surface area contributed by atoms with Gasteiger partial charge in [-0.15, -0.1) is 0 Å². The van der Waals surface area contributed by atoms with Gasteiger partial charge >= 0.3 is 0 Å². The molecular weight excluding hydrogens is 328 g/mol. The van der Waals surface area contributed by atoms with E-state index in [2.05, 4.69) is 5.32 Å². The number of carbonyl (C=O) groups excluding carboxylic acids is 2. The lowest BCUT2D eigenvalue weighted by atomic mass is 9.98. The number of likely N-dealkylation sites (N-methyl/N-ethyl adjacent to an activating group) is 1. The summed E-state index contributed by atoms with van der Waals surface area (Å²) in [6.45, 7) is 0.702. The maximum atomic E-state index is 12.2. The Bertz CT molecular complexity index is 773. The van der Waals surface area contributed by atoms with E-state index in [1.54, 1.807) is 24.1 Å². The van der Waals surface area contributed by atoms with Crippen molar-refractivity contribution >= 4 is 27.3 Å². The largest absolute Gasteiger partial charge is 0.341 e. The van der Waals surface area contributed by atoms with Gasteiger partial charge in [0.2, 0.25) is 5.91 Å². The highest BCUT2D eigenvalue weighted by atomic mass is 32.2. The van der Waals surface area contributed by atoms with E-state index in [0.717, 1.165) is 18.4 Å². The number of anilines is 1. The molecule has 24 heavy (non-hydrogen) atoms. The molecule has 1 saturated heterocycles. The van der Waals surface area contributed by atoms with Crippen molar-refractivity contribution in [1.29, 1.82) is 0 Å². The summed E-state index contributed by atoms with van der Waals surface area (Å²) in [5, 5.41) is 2.80. The molecule has 2 aliphatic heterocycles. The van der Waals surface area contributed by atoms with Crippen LogP contribution in [0, 0.1) is 5.92 Å². The fraction of sp³-hybridized carbons (Fsp3) is 0.529. The van der Waals surface area contributed by atoms with E-state index in [0.29, 0.717) is 24.2 Å². The lowest BCUT2D eigenvalue weighted by molar-refractivity contribution is -0.117. The molecule has 2 aliphatic rings. The zero-order valence-corrected chi connectivity index (χ0v) is 14.6. The zero-order valence-electron chi connectivity index (χ0n) is 13.7. The van der Waals surface area contributed by atoms with E-state index < -0.39 is 9.84 Å². The smallest absolute Gasteiger partial charge is 0.253 e. The van der Waals surface area contributed by atoms with Crippen molar-refractivity contribution in [2.45, 2.75) is 25.7 Å². The summed E-state index contributed by atoms with van der Waals surface area (Å²) >= 11 is 0. The van der Waals surface area contributed by atoms with Crippen molar-refractivity contribution in [3.63, 3.8) is 0 Å². The fourth-order valence-electron chi connectivity index (χ4n) is 3.42. The summed E-state index contributed by atoms with van der Waals surface area (Å²) in [7, 11) is -1.24. The third kappa shape index (κ3) is 3.77. The molecule has 1 fully saturated rings. The maximum Gasteiger partial charge on any atom is 0.253 e. The Morgan fingerprint density at radius 2 is 2.17 bits per heavy atom. The summed E-state index contributed by atoms with van der Waals surface area (Å²) in [6.07, 6.45) is 2.40.